The van der Waals surface area contributed by atoms with E-state index in [-0.39, 0.29) is 0 Å². The zero-order valence-corrected chi connectivity index (χ0v) is 10.5. The van der Waals surface area contributed by atoms with Crippen molar-refractivity contribution in [1.29, 1.82) is 0 Å². The van der Waals surface area contributed by atoms with Gasteiger partial charge >= 0.3 is 0 Å². The van der Waals surface area contributed by atoms with E-state index in [0.717, 1.165) is 31.1 Å². The number of rotatable bonds is 2. The van der Waals surface area contributed by atoms with Gasteiger partial charge < -0.3 is 15.5 Å². The van der Waals surface area contributed by atoms with Crippen molar-refractivity contribution in [3.05, 3.63) is 24.5 Å². The lowest BCUT2D eigenvalue weighted by Gasteiger charge is -2.40. The minimum Gasteiger partial charge on any atom is -0.350 e. The van der Waals surface area contributed by atoms with Crippen molar-refractivity contribution in [2.45, 2.75) is 6.04 Å². The number of hydrogen-bond acceptors (Lipinski definition) is 5. The zero-order valence-electron chi connectivity index (χ0n) is 10.5. The van der Waals surface area contributed by atoms with E-state index in [2.05, 4.69) is 26.9 Å². The second kappa shape index (κ2) is 4.55. The van der Waals surface area contributed by atoms with Gasteiger partial charge in [-0.1, -0.05) is 0 Å². The Bertz CT molecular complexity index is 536. The highest BCUT2D eigenvalue weighted by atomic mass is 15.3. The van der Waals surface area contributed by atoms with Crippen molar-refractivity contribution in [3.63, 3.8) is 0 Å². The first-order valence-electron chi connectivity index (χ1n) is 6.23. The molecular formula is C12H18N6. The van der Waals surface area contributed by atoms with Crippen LogP contribution in [0.25, 0.3) is 5.65 Å². The van der Waals surface area contributed by atoms with E-state index < -0.39 is 0 Å². The summed E-state index contributed by atoms with van der Waals surface area (Å²) in [7, 11) is 2.13. The third kappa shape index (κ3) is 1.93. The molecule has 0 bridgehead atoms. The Hall–Kier alpha value is -1.66. The Balaban J connectivity index is 1.92. The molecular weight excluding hydrogens is 228 g/mol. The van der Waals surface area contributed by atoms with Gasteiger partial charge in [-0.25, -0.2) is 9.50 Å². The molecule has 0 saturated carbocycles. The fraction of sp³-hybridized carbons (Fsp3) is 0.500. The summed E-state index contributed by atoms with van der Waals surface area (Å²) in [5.74, 6) is 0.992. The van der Waals surface area contributed by atoms with Crippen LogP contribution in [0.1, 0.15) is 0 Å². The summed E-state index contributed by atoms with van der Waals surface area (Å²) < 4.78 is 1.77. The SMILES string of the molecule is CN1CCN(c2ccn3nccc3n2)C(CN)C1. The Kier molecular flexibility index (Phi) is 2.89. The minimum absolute atomic E-state index is 0.335. The Morgan fingerprint density at radius 1 is 1.39 bits per heavy atom. The number of piperazine rings is 1. The van der Waals surface area contributed by atoms with Crippen LogP contribution in [0, 0.1) is 0 Å². The maximum atomic E-state index is 5.87. The van der Waals surface area contributed by atoms with Crippen LogP contribution >= 0.6 is 0 Å². The van der Waals surface area contributed by atoms with Crippen molar-refractivity contribution in [1.82, 2.24) is 19.5 Å². The Morgan fingerprint density at radius 2 is 2.28 bits per heavy atom. The fourth-order valence-corrected chi connectivity index (χ4v) is 2.48. The van der Waals surface area contributed by atoms with E-state index in [1.165, 1.54) is 0 Å². The summed E-state index contributed by atoms with van der Waals surface area (Å²) in [6, 6.07) is 4.26. The average molecular weight is 246 g/mol. The molecule has 96 valence electrons. The number of nitrogens with two attached hydrogens (primary N) is 1. The predicted octanol–water partition coefficient (Wildman–Crippen LogP) is -0.192. The van der Waals surface area contributed by atoms with Gasteiger partial charge in [0.15, 0.2) is 5.65 Å². The molecule has 6 heteroatoms. The van der Waals surface area contributed by atoms with Gasteiger partial charge in [0.2, 0.25) is 0 Å². The van der Waals surface area contributed by atoms with E-state index in [9.17, 15) is 0 Å². The smallest absolute Gasteiger partial charge is 0.157 e. The summed E-state index contributed by atoms with van der Waals surface area (Å²) in [4.78, 5) is 9.24. The number of hydrogen-bond donors (Lipinski definition) is 1. The standard InChI is InChI=1S/C12H18N6/c1-16-6-7-17(10(8-13)9-16)11-3-5-18-12(15-11)2-4-14-18/h2-5,10H,6-9,13H2,1H3. The highest BCUT2D eigenvalue weighted by Crippen LogP contribution is 2.18. The van der Waals surface area contributed by atoms with Crippen molar-refractivity contribution < 1.29 is 0 Å². The molecule has 0 spiro atoms. The maximum Gasteiger partial charge on any atom is 0.157 e. The second-order valence-corrected chi connectivity index (χ2v) is 4.76. The summed E-state index contributed by atoms with van der Waals surface area (Å²) in [6.07, 6.45) is 3.71. The number of aromatic nitrogens is 3. The third-order valence-corrected chi connectivity index (χ3v) is 3.50. The molecule has 1 aliphatic rings. The number of anilines is 1. The van der Waals surface area contributed by atoms with Crippen LogP contribution < -0.4 is 10.6 Å². The molecule has 0 radical (unpaired) electrons. The van der Waals surface area contributed by atoms with Gasteiger partial charge in [0, 0.05) is 38.4 Å². The van der Waals surface area contributed by atoms with Gasteiger partial charge in [-0.2, -0.15) is 5.10 Å². The molecule has 2 aromatic heterocycles. The van der Waals surface area contributed by atoms with Gasteiger partial charge in [0.1, 0.15) is 5.82 Å². The van der Waals surface area contributed by atoms with Gasteiger partial charge in [-0.3, -0.25) is 0 Å². The molecule has 1 aliphatic heterocycles. The molecule has 18 heavy (non-hydrogen) atoms. The molecule has 1 saturated heterocycles. The normalized spacial score (nSPS) is 21.7. The van der Waals surface area contributed by atoms with Crippen molar-refractivity contribution in [3.8, 4) is 0 Å². The van der Waals surface area contributed by atoms with Crippen molar-refractivity contribution in [2.75, 3.05) is 38.1 Å². The second-order valence-electron chi connectivity index (χ2n) is 4.76. The van der Waals surface area contributed by atoms with Crippen LogP contribution in [0.2, 0.25) is 0 Å². The molecule has 3 rings (SSSR count). The lowest BCUT2D eigenvalue weighted by atomic mass is 10.1. The lowest BCUT2D eigenvalue weighted by Crippen LogP contribution is -2.55. The summed E-state index contributed by atoms with van der Waals surface area (Å²) in [6.45, 7) is 3.65. The van der Waals surface area contributed by atoms with Crippen LogP contribution in [0.5, 0.6) is 0 Å². The molecule has 0 aromatic carbocycles. The first kappa shape index (κ1) is 11.4. The van der Waals surface area contributed by atoms with Crippen LogP contribution in [0.4, 0.5) is 5.82 Å². The highest BCUT2D eigenvalue weighted by molar-refractivity contribution is 5.48. The Labute approximate surface area is 106 Å². The molecule has 1 fully saturated rings. The molecule has 0 amide bonds. The number of fused-ring (bicyclic) bond motifs is 1. The quantitative estimate of drug-likeness (QED) is 0.795. The van der Waals surface area contributed by atoms with Crippen LogP contribution in [-0.2, 0) is 0 Å². The van der Waals surface area contributed by atoms with E-state index in [4.69, 9.17) is 5.73 Å². The largest absolute Gasteiger partial charge is 0.350 e. The van der Waals surface area contributed by atoms with Gasteiger partial charge in [-0.05, 0) is 13.1 Å². The molecule has 1 unspecified atom stereocenters. The van der Waals surface area contributed by atoms with Crippen LogP contribution in [0.15, 0.2) is 24.5 Å². The van der Waals surface area contributed by atoms with Crippen molar-refractivity contribution in [2.24, 2.45) is 5.73 Å². The van der Waals surface area contributed by atoms with E-state index in [1.54, 1.807) is 10.7 Å². The van der Waals surface area contributed by atoms with Crippen molar-refractivity contribution >= 4 is 11.5 Å². The zero-order chi connectivity index (χ0) is 12.5. The Morgan fingerprint density at radius 3 is 3.11 bits per heavy atom. The molecule has 2 N–H and O–H groups in total. The first-order valence-corrected chi connectivity index (χ1v) is 6.23. The highest BCUT2D eigenvalue weighted by Gasteiger charge is 2.25. The van der Waals surface area contributed by atoms with E-state index in [0.29, 0.717) is 12.6 Å². The number of likely N-dealkylation sites (N-methyl/N-ethyl adjacent to an activating group) is 1. The summed E-state index contributed by atoms with van der Waals surface area (Å²) >= 11 is 0. The maximum absolute atomic E-state index is 5.87. The number of nitrogens with zero attached hydrogens (tertiary/aromatic N) is 5. The van der Waals surface area contributed by atoms with E-state index in [1.807, 2.05) is 18.3 Å². The molecule has 2 aromatic rings. The van der Waals surface area contributed by atoms with Gasteiger partial charge in [0.05, 0.1) is 12.2 Å². The predicted molar refractivity (Wildman–Crippen MR) is 70.7 cm³/mol. The molecule has 0 aliphatic carbocycles. The van der Waals surface area contributed by atoms with Crippen LogP contribution in [0.3, 0.4) is 0 Å². The summed E-state index contributed by atoms with van der Waals surface area (Å²) in [5.41, 5.74) is 6.75. The molecule has 6 nitrogen and oxygen atoms in total. The monoisotopic (exact) mass is 246 g/mol. The summed E-state index contributed by atoms with van der Waals surface area (Å²) in [5, 5.41) is 4.16. The first-order chi connectivity index (χ1) is 8.78. The van der Waals surface area contributed by atoms with E-state index >= 15 is 0 Å². The van der Waals surface area contributed by atoms with Gasteiger partial charge in [0.25, 0.3) is 0 Å². The lowest BCUT2D eigenvalue weighted by molar-refractivity contribution is 0.269. The fourth-order valence-electron chi connectivity index (χ4n) is 2.48. The van der Waals surface area contributed by atoms with Gasteiger partial charge in [-0.15, -0.1) is 0 Å². The third-order valence-electron chi connectivity index (χ3n) is 3.50. The topological polar surface area (TPSA) is 62.7 Å². The molecule has 3 heterocycles. The van der Waals surface area contributed by atoms with Crippen LogP contribution in [-0.4, -0.2) is 58.8 Å². The average Bonchev–Trinajstić information content (AvgIpc) is 2.85. The minimum atomic E-state index is 0.335. The molecule has 1 atom stereocenters.